The van der Waals surface area contributed by atoms with Crippen LogP contribution >= 0.6 is 0 Å². The van der Waals surface area contributed by atoms with Gasteiger partial charge in [-0.1, -0.05) is 0 Å². The molecule has 46 heavy (non-hydrogen) atoms. The van der Waals surface area contributed by atoms with Gasteiger partial charge >= 0.3 is 103 Å². The van der Waals surface area contributed by atoms with E-state index in [2.05, 4.69) is 8.67 Å². The summed E-state index contributed by atoms with van der Waals surface area (Å²) in [6, 6.07) is 0. The van der Waals surface area contributed by atoms with Gasteiger partial charge in [-0.25, -0.2) is 16.8 Å². The SMILES string of the molecule is O=S(=O)([O-])OOS(=O)(=O)[O-].OC[C@H]1O[C@@](CO)(O[C@H]2O[C@H](CO)[C@@H](O)[C@H](O)[C@H]2O)[C@@H](O[C@H]2O[C@H](CO)[C@@H](O)[C@H](O)[C@H]2O)[C@@H]1O.[K+].[K+]. The first kappa shape index (κ1) is 48.4. The predicted molar refractivity (Wildman–Crippen MR) is 123 cm³/mol. The van der Waals surface area contributed by atoms with Crippen molar-refractivity contribution in [3.8, 4) is 0 Å². The van der Waals surface area contributed by atoms with Gasteiger partial charge in [0.1, 0.15) is 73.8 Å². The van der Waals surface area contributed by atoms with Crippen molar-refractivity contribution in [3.05, 3.63) is 0 Å². The van der Waals surface area contributed by atoms with Crippen molar-refractivity contribution >= 4 is 20.8 Å². The maximum absolute atomic E-state index is 10.6. The van der Waals surface area contributed by atoms with Crippen LogP contribution in [0.2, 0.25) is 0 Å². The minimum absolute atomic E-state index is 0. The molecule has 24 nitrogen and oxygen atoms in total. The molecular weight excluding hydrogens is 743 g/mol. The van der Waals surface area contributed by atoms with Gasteiger partial charge in [0, 0.05) is 0 Å². The third-order valence-corrected chi connectivity index (χ3v) is 6.92. The summed E-state index contributed by atoms with van der Waals surface area (Å²) in [5.74, 6) is -2.43. The molecule has 0 saturated carbocycles. The van der Waals surface area contributed by atoms with E-state index in [1.54, 1.807) is 0 Å². The normalized spacial score (nSPS) is 41.5. The van der Waals surface area contributed by atoms with Crippen molar-refractivity contribution in [1.82, 2.24) is 0 Å². The molecule has 3 aliphatic heterocycles. The van der Waals surface area contributed by atoms with Crippen molar-refractivity contribution in [2.24, 2.45) is 0 Å². The molecule has 0 aromatic carbocycles. The third-order valence-electron chi connectivity index (χ3n) is 6.36. The van der Waals surface area contributed by atoms with Crippen LogP contribution in [0.25, 0.3) is 0 Å². The number of aliphatic hydroxyl groups is 11. The van der Waals surface area contributed by atoms with Gasteiger partial charge in [-0.15, -0.1) is 8.67 Å². The van der Waals surface area contributed by atoms with Crippen LogP contribution < -0.4 is 103 Å². The molecule has 0 aliphatic carbocycles. The second kappa shape index (κ2) is 20.6. The Bertz CT molecular complexity index is 1080. The van der Waals surface area contributed by atoms with Crippen LogP contribution in [0.4, 0.5) is 0 Å². The Kier molecular flexibility index (Phi) is 21.6. The van der Waals surface area contributed by atoms with Gasteiger partial charge in [0.25, 0.3) is 0 Å². The van der Waals surface area contributed by atoms with Gasteiger partial charge in [-0.05, 0) is 0 Å². The molecule has 3 heterocycles. The molecule has 0 bridgehead atoms. The van der Waals surface area contributed by atoms with E-state index >= 15 is 0 Å². The van der Waals surface area contributed by atoms with Crippen LogP contribution in [0.5, 0.6) is 0 Å². The fourth-order valence-corrected chi connectivity index (χ4v) is 4.73. The molecule has 0 aromatic rings. The Morgan fingerprint density at radius 3 is 1.35 bits per heavy atom. The van der Waals surface area contributed by atoms with Crippen molar-refractivity contribution in [2.45, 2.75) is 85.5 Å². The zero-order chi connectivity index (χ0) is 33.8. The monoisotopic (exact) mass is 774 g/mol. The van der Waals surface area contributed by atoms with Gasteiger partial charge in [-0.3, -0.25) is 0 Å². The molecule has 0 aromatic heterocycles. The molecule has 0 radical (unpaired) electrons. The Labute approximate surface area is 345 Å². The van der Waals surface area contributed by atoms with Crippen LogP contribution in [0.1, 0.15) is 0 Å². The van der Waals surface area contributed by atoms with Crippen LogP contribution in [0.3, 0.4) is 0 Å². The summed E-state index contributed by atoms with van der Waals surface area (Å²) in [6.07, 6.45) is -22.3. The summed E-state index contributed by atoms with van der Waals surface area (Å²) in [7, 11) is -10.6. The predicted octanol–water partition coefficient (Wildman–Crippen LogP) is -15.7. The molecule has 3 fully saturated rings. The number of aliphatic hydroxyl groups excluding tert-OH is 11. The van der Waals surface area contributed by atoms with Crippen LogP contribution in [-0.2, 0) is 53.1 Å². The average Bonchev–Trinajstić information content (AvgIpc) is 3.22. The molecule has 3 aliphatic rings. The Hall–Kier alpha value is 2.37. The quantitative estimate of drug-likeness (QED) is 0.0305. The molecule has 0 unspecified atom stereocenters. The summed E-state index contributed by atoms with van der Waals surface area (Å²) < 4.78 is 88.4. The van der Waals surface area contributed by atoms with E-state index in [0.29, 0.717) is 0 Å². The number of hydrogen-bond acceptors (Lipinski definition) is 24. The van der Waals surface area contributed by atoms with E-state index in [9.17, 15) is 82.1 Å². The fourth-order valence-electron chi connectivity index (χ4n) is 4.19. The van der Waals surface area contributed by atoms with E-state index in [1.807, 2.05) is 0 Å². The number of ether oxygens (including phenoxy) is 5. The van der Waals surface area contributed by atoms with E-state index in [0.717, 1.165) is 0 Å². The first-order chi connectivity index (χ1) is 20.3. The molecule has 11 N–H and O–H groups in total. The third kappa shape index (κ3) is 12.8. The van der Waals surface area contributed by atoms with Crippen molar-refractivity contribution in [3.63, 3.8) is 0 Å². The van der Waals surface area contributed by atoms with Gasteiger partial charge in [-0.2, -0.15) is 0 Å². The maximum atomic E-state index is 10.6. The Balaban J connectivity index is 0.00000146. The minimum Gasteiger partial charge on any atom is -0.724 e. The number of rotatable bonds is 11. The molecule has 14 atom stereocenters. The second-order valence-corrected chi connectivity index (χ2v) is 11.2. The largest absolute Gasteiger partial charge is 1.00 e. The average molecular weight is 775 g/mol. The summed E-state index contributed by atoms with van der Waals surface area (Å²) >= 11 is 0. The van der Waals surface area contributed by atoms with Gasteiger partial charge in [0.15, 0.2) is 12.6 Å². The molecular formula is C18H32K2O24S2. The van der Waals surface area contributed by atoms with Crippen molar-refractivity contribution in [2.75, 3.05) is 26.4 Å². The molecule has 3 saturated heterocycles. The van der Waals surface area contributed by atoms with E-state index < -0.39 is 133 Å². The Morgan fingerprint density at radius 1 is 0.587 bits per heavy atom. The van der Waals surface area contributed by atoms with E-state index in [1.165, 1.54) is 0 Å². The van der Waals surface area contributed by atoms with Crippen LogP contribution in [0.15, 0.2) is 0 Å². The minimum atomic E-state index is -5.31. The zero-order valence-electron chi connectivity index (χ0n) is 23.9. The van der Waals surface area contributed by atoms with Crippen molar-refractivity contribution < 1.29 is 217 Å². The van der Waals surface area contributed by atoms with E-state index in [-0.39, 0.29) is 103 Å². The maximum Gasteiger partial charge on any atom is 1.00 e. The molecule has 0 spiro atoms. The smallest absolute Gasteiger partial charge is 0.724 e. The topological polar surface area (TPSA) is 402 Å². The van der Waals surface area contributed by atoms with Crippen LogP contribution in [0, 0.1) is 0 Å². The van der Waals surface area contributed by atoms with Gasteiger partial charge < -0.3 is 89.0 Å². The van der Waals surface area contributed by atoms with E-state index in [4.69, 9.17) is 23.7 Å². The number of hydrogen-bond donors (Lipinski definition) is 11. The molecule has 28 heteroatoms. The summed E-state index contributed by atoms with van der Waals surface area (Å²) in [5.41, 5.74) is 0. The summed E-state index contributed by atoms with van der Waals surface area (Å²) in [6.45, 7) is -3.49. The first-order valence-corrected chi connectivity index (χ1v) is 14.7. The van der Waals surface area contributed by atoms with Gasteiger partial charge in [0.05, 0.1) is 19.8 Å². The van der Waals surface area contributed by atoms with Gasteiger partial charge in [0.2, 0.25) is 26.6 Å². The van der Waals surface area contributed by atoms with Crippen LogP contribution in [-0.4, -0.2) is 194 Å². The first-order valence-electron chi connectivity index (χ1n) is 12.1. The molecule has 0 amide bonds. The molecule has 262 valence electrons. The standard InChI is InChI=1S/C18H32O16.2K.H2O8S2/c19-1-5-8(23)11(26)13(28)16(30-5)32-15-10(25)7(3-21)33-18(15,4-22)34-17-14(29)12(27)9(24)6(2-20)31-17;;;1-9(2,3)7-8-10(4,5)6/h5-17,19-29H,1-4H2;;;(H,1,2,3)(H,4,5,6)/q;2*+1;/p-2/t5-,6-,7-,8-,9-,10-,11+,12+,13-,14-,15+,16-,17-,18+;;;/m1.../s1. The zero-order valence-corrected chi connectivity index (χ0v) is 31.8. The summed E-state index contributed by atoms with van der Waals surface area (Å²) in [4.78, 5) is 0. The van der Waals surface area contributed by atoms with Crippen molar-refractivity contribution in [1.29, 1.82) is 0 Å². The fraction of sp³-hybridized carbons (Fsp3) is 1.00. The molecule has 3 rings (SSSR count). The second-order valence-electron chi connectivity index (χ2n) is 9.32. The summed E-state index contributed by atoms with van der Waals surface area (Å²) in [5, 5.41) is 109. The Morgan fingerprint density at radius 2 is 0.978 bits per heavy atom.